The second kappa shape index (κ2) is 42.0. The minimum absolute atomic E-state index is 0.111. The standard InChI is InChI=1S/C60H90N16O22S4/c1-8-25(2)44-58(95)72-37-21-99-100-23-39(71-49(86)27(4)64-47(84)26(3)65-52(89)35(18-31-11-13-32(79)14-12-31)69-48(85)28(5)66-54(37)91)56(93)75-45(29(6)77)57(94)63-20-42(81)67-40(60(97)98)24-102-101-22-38(55(92)68-34(51(88)74-44)15-16-43(82)83)73-59(96)46(30(7)78)76-53(90)36(19-41(61)80)70-50(87)33-10-9-17-62-33/h11-14,25-30,33-40,44-46,62,77-79H,8-10,15-24H2,1-7H3,(H2,61,80)(H,63,94)(H,64,84)(H,65,89)(H,66,91)(H,67,81)(H,68,92)(H,69,85)(H,70,87)(H,71,86)(H,72,95)(H,73,96)(H,74,88)(H,75,93)(H,76,90)(H,82,83)(H,97,98). The van der Waals surface area contributed by atoms with Crippen molar-refractivity contribution in [3.63, 3.8) is 0 Å². The van der Waals surface area contributed by atoms with E-state index in [0.717, 1.165) is 35.4 Å². The number of aromatic hydroxyl groups is 1. The van der Waals surface area contributed by atoms with Gasteiger partial charge in [0.05, 0.1) is 31.2 Å². The number of rotatable bonds is 18. The largest absolute Gasteiger partial charge is 0.508 e. The van der Waals surface area contributed by atoms with Gasteiger partial charge in [-0.3, -0.25) is 76.7 Å². The van der Waals surface area contributed by atoms with E-state index in [1.807, 2.05) is 0 Å². The molecule has 1 aromatic carbocycles. The first-order valence-electron chi connectivity index (χ1n) is 32.3. The molecule has 42 heteroatoms. The number of carbonyl (C=O) groups excluding carboxylic acids is 15. The lowest BCUT2D eigenvalue weighted by atomic mass is 9.97. The summed E-state index contributed by atoms with van der Waals surface area (Å²) in [5.41, 5.74) is 5.80. The minimum Gasteiger partial charge on any atom is -0.508 e. The van der Waals surface area contributed by atoms with Crippen LogP contribution in [0.25, 0.3) is 0 Å². The van der Waals surface area contributed by atoms with Gasteiger partial charge in [-0.15, -0.1) is 0 Å². The zero-order valence-electron chi connectivity index (χ0n) is 56.7. The Morgan fingerprint density at radius 2 is 1.12 bits per heavy atom. The molecule has 3 aliphatic heterocycles. The number of phenols is 1. The van der Waals surface area contributed by atoms with Gasteiger partial charge in [-0.25, -0.2) is 4.79 Å². The van der Waals surface area contributed by atoms with E-state index >= 15 is 0 Å². The molecule has 22 N–H and O–H groups in total. The van der Waals surface area contributed by atoms with Crippen LogP contribution in [-0.4, -0.2) is 259 Å². The van der Waals surface area contributed by atoms with Gasteiger partial charge < -0.3 is 111 Å². The van der Waals surface area contributed by atoms with E-state index in [9.17, 15) is 107 Å². The number of carboxylic acids is 2. The molecular formula is C60H90N16O22S4. The first kappa shape index (κ1) is 85.7. The van der Waals surface area contributed by atoms with Crippen LogP contribution in [0.3, 0.4) is 0 Å². The molecule has 102 heavy (non-hydrogen) atoms. The van der Waals surface area contributed by atoms with Crippen LogP contribution in [-0.2, 0) is 87.9 Å². The molecule has 4 rings (SSSR count). The Labute approximate surface area is 601 Å². The lowest BCUT2D eigenvalue weighted by molar-refractivity contribution is -0.141. The molecule has 0 saturated carbocycles. The van der Waals surface area contributed by atoms with Crippen molar-refractivity contribution in [2.24, 2.45) is 11.7 Å². The number of aliphatic carboxylic acids is 2. The number of nitrogens with two attached hydrogens (primary N) is 1. The third-order valence-corrected chi connectivity index (χ3v) is 20.8. The summed E-state index contributed by atoms with van der Waals surface area (Å²) >= 11 is 0. The monoisotopic (exact) mass is 1510 g/mol. The molecule has 3 fully saturated rings. The molecule has 2 bridgehead atoms. The van der Waals surface area contributed by atoms with Gasteiger partial charge in [0.2, 0.25) is 88.6 Å². The van der Waals surface area contributed by atoms with Crippen LogP contribution < -0.4 is 85.5 Å². The van der Waals surface area contributed by atoms with E-state index in [4.69, 9.17) is 5.73 Å². The minimum atomic E-state index is -1.99. The third-order valence-electron chi connectivity index (χ3n) is 15.9. The number of primary amides is 1. The molecule has 0 radical (unpaired) electrons. The lowest BCUT2D eigenvalue weighted by Crippen LogP contribution is -2.62. The first-order valence-corrected chi connectivity index (χ1v) is 37.3. The van der Waals surface area contributed by atoms with E-state index in [0.29, 0.717) is 46.5 Å². The average Bonchev–Trinajstić information content (AvgIpc) is 0.936. The SMILES string of the molecule is CCC(C)C1NC(=O)C(CCC(=O)O)NC(=O)C(NC(=O)C(NC(=O)C(CC(N)=O)NC(=O)C2CCCN2)C(C)O)CSSCC(C(=O)O)NC(=O)CNC(=O)C(C(C)O)NC(=O)C2CSSCC(NC1=O)C(=O)NC(C)C(=O)NC(Cc1ccc(O)cc1)C(=O)NC(C)C(=O)NC(C)C(=O)N2. The smallest absolute Gasteiger partial charge is 0.327 e. The number of carbonyl (C=O) groups is 17. The van der Waals surface area contributed by atoms with E-state index in [2.05, 4.69) is 79.8 Å². The molecule has 0 aromatic heterocycles. The Morgan fingerprint density at radius 3 is 1.68 bits per heavy atom. The number of amides is 15. The van der Waals surface area contributed by atoms with Crippen LogP contribution in [0.2, 0.25) is 0 Å². The van der Waals surface area contributed by atoms with Crippen LogP contribution in [0, 0.1) is 5.92 Å². The predicted molar refractivity (Wildman–Crippen MR) is 369 cm³/mol. The van der Waals surface area contributed by atoms with Gasteiger partial charge in [-0.1, -0.05) is 75.6 Å². The molecule has 0 aliphatic carbocycles. The molecule has 3 saturated heterocycles. The number of benzene rings is 1. The van der Waals surface area contributed by atoms with Gasteiger partial charge in [-0.05, 0) is 84.0 Å². The van der Waals surface area contributed by atoms with Crippen LogP contribution in [0.15, 0.2) is 24.3 Å². The first-order chi connectivity index (χ1) is 48.0. The summed E-state index contributed by atoms with van der Waals surface area (Å²) in [5, 5.41) is 88.0. The highest BCUT2D eigenvalue weighted by Crippen LogP contribution is 2.26. The molecular weight excluding hydrogens is 1430 g/mol. The molecule has 566 valence electrons. The number of nitrogens with one attached hydrogen (secondary N) is 15. The summed E-state index contributed by atoms with van der Waals surface area (Å²) in [5.74, 6) is -22.4. The molecule has 17 atom stereocenters. The Bertz CT molecular complexity index is 3230. The number of hydrogen-bond donors (Lipinski definition) is 21. The quantitative estimate of drug-likeness (QED) is 0.0607. The van der Waals surface area contributed by atoms with Crippen molar-refractivity contribution in [1.29, 1.82) is 0 Å². The normalized spacial score (nSPS) is 27.2. The fraction of sp³-hybridized carbons (Fsp3) is 0.617. The predicted octanol–water partition coefficient (Wildman–Crippen LogP) is -7.41. The van der Waals surface area contributed by atoms with E-state index < -0.39 is 252 Å². The van der Waals surface area contributed by atoms with E-state index in [1.54, 1.807) is 6.92 Å². The molecule has 3 heterocycles. The summed E-state index contributed by atoms with van der Waals surface area (Å²) in [6.45, 7) is 8.43. The van der Waals surface area contributed by atoms with Crippen molar-refractivity contribution in [1.82, 2.24) is 79.8 Å². The van der Waals surface area contributed by atoms with Gasteiger partial charge in [0.1, 0.15) is 84.3 Å². The molecule has 1 aromatic rings. The lowest BCUT2D eigenvalue weighted by Gasteiger charge is -2.30. The maximum Gasteiger partial charge on any atom is 0.327 e. The highest BCUT2D eigenvalue weighted by molar-refractivity contribution is 8.77. The second-order valence-corrected chi connectivity index (χ2v) is 29.4. The topological polar surface area (TPSA) is 598 Å². The molecule has 3 aliphatic rings. The van der Waals surface area contributed by atoms with Crippen molar-refractivity contribution in [3.8, 4) is 5.75 Å². The molecule has 38 nitrogen and oxygen atoms in total. The van der Waals surface area contributed by atoms with Gasteiger partial charge in [0.15, 0.2) is 0 Å². The summed E-state index contributed by atoms with van der Waals surface area (Å²) in [7, 11) is 2.93. The second-order valence-electron chi connectivity index (χ2n) is 24.3. The van der Waals surface area contributed by atoms with Crippen molar-refractivity contribution < 1.29 is 107 Å². The Morgan fingerprint density at radius 1 is 0.588 bits per heavy atom. The van der Waals surface area contributed by atoms with Gasteiger partial charge in [-0.2, -0.15) is 0 Å². The van der Waals surface area contributed by atoms with Crippen LogP contribution in [0.1, 0.15) is 92.6 Å². The van der Waals surface area contributed by atoms with Gasteiger partial charge in [0.25, 0.3) is 0 Å². The number of hydrogen-bond acceptors (Lipinski definition) is 25. The molecule has 17 unspecified atom stereocenters. The summed E-state index contributed by atoms with van der Waals surface area (Å²) in [6, 6.07) is -17.3. The van der Waals surface area contributed by atoms with Crippen LogP contribution >= 0.6 is 43.2 Å². The summed E-state index contributed by atoms with van der Waals surface area (Å²) in [4.78, 5) is 233. The maximum atomic E-state index is 14.8. The highest BCUT2D eigenvalue weighted by Gasteiger charge is 2.40. The maximum absolute atomic E-state index is 14.8. The van der Waals surface area contributed by atoms with Crippen LogP contribution in [0.5, 0.6) is 5.75 Å². The number of aliphatic hydroxyl groups excluding tert-OH is 2. The molecule has 0 spiro atoms. The van der Waals surface area contributed by atoms with Crippen molar-refractivity contribution in [3.05, 3.63) is 29.8 Å². The Balaban J connectivity index is 1.84. The van der Waals surface area contributed by atoms with E-state index in [1.165, 1.54) is 52.0 Å². The summed E-state index contributed by atoms with van der Waals surface area (Å²) < 4.78 is 0. The fourth-order valence-corrected chi connectivity index (χ4v) is 14.4. The third kappa shape index (κ3) is 28.3. The average molecular weight is 1520 g/mol. The van der Waals surface area contributed by atoms with Crippen molar-refractivity contribution in [2.45, 2.75) is 190 Å². The highest BCUT2D eigenvalue weighted by atomic mass is 33.1. The van der Waals surface area contributed by atoms with Crippen molar-refractivity contribution in [2.75, 3.05) is 36.1 Å². The Kier molecular flexibility index (Phi) is 35.3. The number of phenolic OH excluding ortho intramolecular Hbond substituents is 1. The van der Waals surface area contributed by atoms with E-state index in [-0.39, 0.29) is 18.6 Å². The number of carboxylic acid groups (broad SMARTS) is 2. The number of fused-ring (bicyclic) bond motifs is 5. The van der Waals surface area contributed by atoms with Crippen molar-refractivity contribution >= 4 is 144 Å². The number of aliphatic hydroxyl groups is 2. The Hall–Kier alpha value is -8.71. The van der Waals surface area contributed by atoms with Gasteiger partial charge >= 0.3 is 11.9 Å². The zero-order chi connectivity index (χ0) is 76.2. The van der Waals surface area contributed by atoms with Gasteiger partial charge in [0, 0.05) is 35.9 Å². The summed E-state index contributed by atoms with van der Waals surface area (Å²) in [6.07, 6.45) is -5.01. The zero-order valence-corrected chi connectivity index (χ0v) is 60.0. The fourth-order valence-electron chi connectivity index (χ4n) is 9.74. The van der Waals surface area contributed by atoms with Crippen LogP contribution in [0.4, 0.5) is 0 Å². The molecule has 15 amide bonds.